The zero-order chi connectivity index (χ0) is 27.2. The Morgan fingerprint density at radius 3 is 2.30 bits per heavy atom. The van der Waals surface area contributed by atoms with Crippen molar-refractivity contribution in [1.82, 2.24) is 10.2 Å². The number of halogens is 3. The van der Waals surface area contributed by atoms with Gasteiger partial charge in [-0.2, -0.15) is 13.2 Å². The molecule has 0 spiro atoms. The van der Waals surface area contributed by atoms with Crippen molar-refractivity contribution in [2.45, 2.75) is 57.3 Å². The highest BCUT2D eigenvalue weighted by atomic mass is 32.2. The first-order chi connectivity index (χ1) is 17.4. The monoisotopic (exact) mass is 539 g/mol. The van der Waals surface area contributed by atoms with Gasteiger partial charge in [-0.3, -0.25) is 13.9 Å². The van der Waals surface area contributed by atoms with Gasteiger partial charge in [0.15, 0.2) is 0 Å². The largest absolute Gasteiger partial charge is 0.416 e. The van der Waals surface area contributed by atoms with E-state index in [1.807, 2.05) is 30.3 Å². The maximum atomic E-state index is 13.5. The molecule has 3 rings (SSSR count). The van der Waals surface area contributed by atoms with Crippen molar-refractivity contribution in [1.29, 1.82) is 0 Å². The van der Waals surface area contributed by atoms with Crippen molar-refractivity contribution < 1.29 is 31.2 Å². The van der Waals surface area contributed by atoms with Crippen LogP contribution >= 0.6 is 0 Å². The average Bonchev–Trinajstić information content (AvgIpc) is 3.35. The third-order valence-corrected chi connectivity index (χ3v) is 7.63. The van der Waals surface area contributed by atoms with E-state index in [1.54, 1.807) is 6.92 Å². The van der Waals surface area contributed by atoms with Crippen molar-refractivity contribution in [3.8, 4) is 0 Å². The van der Waals surface area contributed by atoms with Gasteiger partial charge < -0.3 is 10.2 Å². The number of benzene rings is 2. The highest BCUT2D eigenvalue weighted by Gasteiger charge is 2.34. The number of hydrogen-bond acceptors (Lipinski definition) is 4. The Balaban J connectivity index is 1.86. The average molecular weight is 540 g/mol. The van der Waals surface area contributed by atoms with Crippen LogP contribution in [0.25, 0.3) is 0 Å². The molecule has 2 amide bonds. The molecule has 202 valence electrons. The van der Waals surface area contributed by atoms with Gasteiger partial charge in [-0.15, -0.1) is 0 Å². The number of rotatable bonds is 10. The molecule has 2 aromatic carbocycles. The standard InChI is InChI=1S/C26H32F3N3O4S/c1-19(25(34)30-22-12-6-7-13-22)31(16-15-20-9-4-3-5-10-20)24(33)18-32(37(2,35)36)23-14-8-11-21(17-23)26(27,28)29/h3-5,8-11,14,17,19,22H,6-7,12-13,15-16,18H2,1-2H3,(H,30,34). The molecule has 1 atom stereocenters. The molecular weight excluding hydrogens is 507 g/mol. The number of hydrogen-bond donors (Lipinski definition) is 1. The Kier molecular flexibility index (Phi) is 9.22. The second-order valence-corrected chi connectivity index (χ2v) is 11.2. The molecule has 1 aliphatic carbocycles. The van der Waals surface area contributed by atoms with E-state index in [2.05, 4.69) is 5.32 Å². The van der Waals surface area contributed by atoms with Crippen LogP contribution in [0.15, 0.2) is 54.6 Å². The molecule has 0 saturated heterocycles. The molecule has 7 nitrogen and oxygen atoms in total. The summed E-state index contributed by atoms with van der Waals surface area (Å²) in [6.45, 7) is 0.959. The van der Waals surface area contributed by atoms with E-state index < -0.39 is 40.3 Å². The van der Waals surface area contributed by atoms with E-state index in [-0.39, 0.29) is 24.2 Å². The van der Waals surface area contributed by atoms with E-state index in [9.17, 15) is 31.2 Å². The van der Waals surface area contributed by atoms with Crippen molar-refractivity contribution in [3.05, 3.63) is 65.7 Å². The summed E-state index contributed by atoms with van der Waals surface area (Å²) >= 11 is 0. The number of carbonyl (C=O) groups excluding carboxylic acids is 2. The molecule has 2 aromatic rings. The normalized spacial score (nSPS) is 15.3. The number of alkyl halides is 3. The van der Waals surface area contributed by atoms with Crippen LogP contribution in [0.1, 0.15) is 43.7 Å². The lowest BCUT2D eigenvalue weighted by molar-refractivity contribution is -0.139. The minimum absolute atomic E-state index is 0.0265. The van der Waals surface area contributed by atoms with Crippen molar-refractivity contribution in [2.24, 2.45) is 0 Å². The van der Waals surface area contributed by atoms with Crippen LogP contribution in [0.4, 0.5) is 18.9 Å². The third-order valence-electron chi connectivity index (χ3n) is 6.49. The summed E-state index contributed by atoms with van der Waals surface area (Å²) in [6.07, 6.45) is 0.285. The molecule has 1 aliphatic rings. The van der Waals surface area contributed by atoms with Gasteiger partial charge in [0.1, 0.15) is 12.6 Å². The van der Waals surface area contributed by atoms with Gasteiger partial charge >= 0.3 is 6.18 Å². The number of nitrogens with zero attached hydrogens (tertiary/aromatic N) is 2. The van der Waals surface area contributed by atoms with Gasteiger partial charge in [-0.1, -0.05) is 49.2 Å². The van der Waals surface area contributed by atoms with Crippen LogP contribution < -0.4 is 9.62 Å². The summed E-state index contributed by atoms with van der Waals surface area (Å²) < 4.78 is 65.5. The molecular formula is C26H32F3N3O4S. The first kappa shape index (κ1) is 28.5. The summed E-state index contributed by atoms with van der Waals surface area (Å²) in [6, 6.07) is 12.2. The summed E-state index contributed by atoms with van der Waals surface area (Å²) in [7, 11) is -4.12. The third kappa shape index (κ3) is 7.95. The zero-order valence-corrected chi connectivity index (χ0v) is 21.7. The molecule has 0 aliphatic heterocycles. The minimum atomic E-state index is -4.68. The number of sulfonamides is 1. The summed E-state index contributed by atoms with van der Waals surface area (Å²) in [5, 5.41) is 2.96. The highest BCUT2D eigenvalue weighted by Crippen LogP contribution is 2.32. The maximum absolute atomic E-state index is 13.5. The fourth-order valence-electron chi connectivity index (χ4n) is 4.41. The van der Waals surface area contributed by atoms with E-state index in [0.29, 0.717) is 16.8 Å². The zero-order valence-electron chi connectivity index (χ0n) is 20.9. The molecule has 1 fully saturated rings. The maximum Gasteiger partial charge on any atom is 0.416 e. The van der Waals surface area contributed by atoms with Gasteiger partial charge in [0.2, 0.25) is 21.8 Å². The lowest BCUT2D eigenvalue weighted by Crippen LogP contribution is -2.53. The second kappa shape index (κ2) is 12.0. The van der Waals surface area contributed by atoms with Gasteiger partial charge in [-0.05, 0) is 49.9 Å². The van der Waals surface area contributed by atoms with Gasteiger partial charge in [0.05, 0.1) is 17.5 Å². The van der Waals surface area contributed by atoms with E-state index >= 15 is 0 Å². The summed E-state index contributed by atoms with van der Waals surface area (Å²) in [5.74, 6) is -1.04. The molecule has 0 heterocycles. The number of carbonyl (C=O) groups is 2. The lowest BCUT2D eigenvalue weighted by atomic mass is 10.1. The van der Waals surface area contributed by atoms with Gasteiger partial charge in [-0.25, -0.2) is 8.42 Å². The quantitative estimate of drug-likeness (QED) is 0.495. The minimum Gasteiger partial charge on any atom is -0.352 e. The van der Waals surface area contributed by atoms with Crippen LogP contribution in [0, 0.1) is 0 Å². The number of anilines is 1. The Labute approximate surface area is 215 Å². The van der Waals surface area contributed by atoms with Crippen LogP contribution in [-0.2, 0) is 32.2 Å². The topological polar surface area (TPSA) is 86.8 Å². The first-order valence-electron chi connectivity index (χ1n) is 12.1. The van der Waals surface area contributed by atoms with Crippen LogP contribution in [0.2, 0.25) is 0 Å². The van der Waals surface area contributed by atoms with Gasteiger partial charge in [0.25, 0.3) is 0 Å². The molecule has 1 unspecified atom stereocenters. The van der Waals surface area contributed by atoms with Crippen LogP contribution in [-0.4, -0.2) is 56.6 Å². The Bertz CT molecular complexity index is 1180. The second-order valence-electron chi connectivity index (χ2n) is 9.31. The number of amides is 2. The van der Waals surface area contributed by atoms with Crippen LogP contribution in [0.5, 0.6) is 0 Å². The Hall–Kier alpha value is -3.08. The van der Waals surface area contributed by atoms with Gasteiger partial charge in [0, 0.05) is 12.6 Å². The Morgan fingerprint density at radius 2 is 1.70 bits per heavy atom. The fraction of sp³-hybridized carbons (Fsp3) is 0.462. The molecule has 37 heavy (non-hydrogen) atoms. The molecule has 1 saturated carbocycles. The molecule has 0 bridgehead atoms. The summed E-state index contributed by atoms with van der Waals surface area (Å²) in [5.41, 5.74) is -0.394. The highest BCUT2D eigenvalue weighted by molar-refractivity contribution is 7.92. The first-order valence-corrected chi connectivity index (χ1v) is 14.0. The molecule has 11 heteroatoms. The SMILES string of the molecule is CC(C(=O)NC1CCCC1)N(CCc1ccccc1)C(=O)CN(c1cccc(C(F)(F)F)c1)S(C)(=O)=O. The Morgan fingerprint density at radius 1 is 1.05 bits per heavy atom. The van der Waals surface area contributed by atoms with E-state index in [0.717, 1.165) is 49.6 Å². The van der Waals surface area contributed by atoms with Crippen molar-refractivity contribution in [2.75, 3.05) is 23.7 Å². The lowest BCUT2D eigenvalue weighted by Gasteiger charge is -2.32. The van der Waals surface area contributed by atoms with E-state index in [1.165, 1.54) is 11.0 Å². The molecule has 1 N–H and O–H groups in total. The van der Waals surface area contributed by atoms with E-state index in [4.69, 9.17) is 0 Å². The molecule has 0 radical (unpaired) electrons. The number of nitrogens with one attached hydrogen (secondary N) is 1. The fourth-order valence-corrected chi connectivity index (χ4v) is 5.25. The predicted octanol–water partition coefficient (Wildman–Crippen LogP) is 3.99. The summed E-state index contributed by atoms with van der Waals surface area (Å²) in [4.78, 5) is 27.8. The van der Waals surface area contributed by atoms with Crippen molar-refractivity contribution in [3.63, 3.8) is 0 Å². The predicted molar refractivity (Wildman–Crippen MR) is 135 cm³/mol. The van der Waals surface area contributed by atoms with Crippen molar-refractivity contribution >= 4 is 27.5 Å². The van der Waals surface area contributed by atoms with Crippen LogP contribution in [0.3, 0.4) is 0 Å². The smallest absolute Gasteiger partial charge is 0.352 e. The molecule has 0 aromatic heterocycles.